The van der Waals surface area contributed by atoms with Gasteiger partial charge in [0.15, 0.2) is 0 Å². The molecule has 6 nitrogen and oxygen atoms in total. The SMILES string of the molecule is Cc1nccc(N2CCCC(C)(C(=O)N3CCOCC3)C2)n1. The van der Waals surface area contributed by atoms with Gasteiger partial charge < -0.3 is 14.5 Å². The second-order valence-corrected chi connectivity index (χ2v) is 6.45. The number of rotatable bonds is 2. The first-order valence-electron chi connectivity index (χ1n) is 8.00. The average molecular weight is 304 g/mol. The lowest BCUT2D eigenvalue weighted by atomic mass is 9.80. The summed E-state index contributed by atoms with van der Waals surface area (Å²) in [6.45, 7) is 8.37. The summed E-state index contributed by atoms with van der Waals surface area (Å²) in [5.74, 6) is 1.95. The first-order valence-corrected chi connectivity index (χ1v) is 8.00. The molecular weight excluding hydrogens is 280 g/mol. The third-order valence-electron chi connectivity index (χ3n) is 4.60. The standard InChI is InChI=1S/C16H24N4O2/c1-13-17-6-4-14(18-13)20-7-3-5-16(2,12-20)15(21)19-8-10-22-11-9-19/h4,6H,3,5,7-12H2,1-2H3. The average Bonchev–Trinajstić information content (AvgIpc) is 2.55. The normalized spacial score (nSPS) is 26.1. The van der Waals surface area contributed by atoms with E-state index >= 15 is 0 Å². The maximum atomic E-state index is 12.9. The van der Waals surface area contributed by atoms with E-state index in [-0.39, 0.29) is 11.3 Å². The summed E-state index contributed by atoms with van der Waals surface area (Å²) in [5, 5.41) is 0. The number of piperidine rings is 1. The lowest BCUT2D eigenvalue weighted by molar-refractivity contribution is -0.145. The van der Waals surface area contributed by atoms with E-state index in [1.165, 1.54) is 0 Å². The Balaban J connectivity index is 1.74. The summed E-state index contributed by atoms with van der Waals surface area (Å²) in [5.41, 5.74) is -0.339. The lowest BCUT2D eigenvalue weighted by Crippen LogP contribution is -2.54. The van der Waals surface area contributed by atoms with Crippen molar-refractivity contribution in [2.24, 2.45) is 5.41 Å². The third-order valence-corrected chi connectivity index (χ3v) is 4.60. The molecule has 3 rings (SSSR count). The number of ether oxygens (including phenoxy) is 1. The van der Waals surface area contributed by atoms with E-state index in [2.05, 4.69) is 21.8 Å². The maximum Gasteiger partial charge on any atom is 0.230 e. The molecule has 1 aromatic heterocycles. The van der Waals surface area contributed by atoms with Crippen LogP contribution in [0.1, 0.15) is 25.6 Å². The van der Waals surface area contributed by atoms with Gasteiger partial charge in [0.25, 0.3) is 0 Å². The van der Waals surface area contributed by atoms with Crippen LogP contribution in [0, 0.1) is 12.3 Å². The van der Waals surface area contributed by atoms with Crippen LogP contribution in [0.3, 0.4) is 0 Å². The van der Waals surface area contributed by atoms with Gasteiger partial charge in [0, 0.05) is 32.4 Å². The molecule has 0 saturated carbocycles. The number of morpholine rings is 1. The van der Waals surface area contributed by atoms with Gasteiger partial charge >= 0.3 is 0 Å². The first kappa shape index (κ1) is 15.2. The van der Waals surface area contributed by atoms with Crippen LogP contribution in [0.15, 0.2) is 12.3 Å². The fourth-order valence-corrected chi connectivity index (χ4v) is 3.38. The smallest absolute Gasteiger partial charge is 0.230 e. The van der Waals surface area contributed by atoms with Gasteiger partial charge in [-0.2, -0.15) is 0 Å². The summed E-state index contributed by atoms with van der Waals surface area (Å²) in [6, 6.07) is 1.93. The molecule has 6 heteroatoms. The summed E-state index contributed by atoms with van der Waals surface area (Å²) in [7, 11) is 0. The minimum atomic E-state index is -0.339. The Hall–Kier alpha value is -1.69. The van der Waals surface area contributed by atoms with E-state index in [0.717, 1.165) is 37.6 Å². The van der Waals surface area contributed by atoms with Gasteiger partial charge in [0.2, 0.25) is 5.91 Å². The fourth-order valence-electron chi connectivity index (χ4n) is 3.38. The number of carbonyl (C=O) groups excluding carboxylic acids is 1. The molecule has 22 heavy (non-hydrogen) atoms. The number of anilines is 1. The zero-order chi connectivity index (χ0) is 15.6. The number of hydrogen-bond donors (Lipinski definition) is 0. The maximum absolute atomic E-state index is 12.9. The van der Waals surface area contributed by atoms with E-state index in [1.54, 1.807) is 6.20 Å². The third kappa shape index (κ3) is 3.06. The topological polar surface area (TPSA) is 58.6 Å². The number of carbonyl (C=O) groups is 1. The van der Waals surface area contributed by atoms with Crippen molar-refractivity contribution in [1.82, 2.24) is 14.9 Å². The van der Waals surface area contributed by atoms with E-state index in [9.17, 15) is 4.79 Å². The Labute approximate surface area is 131 Å². The zero-order valence-electron chi connectivity index (χ0n) is 13.4. The van der Waals surface area contributed by atoms with Crippen LogP contribution in [-0.2, 0) is 9.53 Å². The van der Waals surface area contributed by atoms with Crippen molar-refractivity contribution in [3.8, 4) is 0 Å². The van der Waals surface area contributed by atoms with Crippen LogP contribution in [0.25, 0.3) is 0 Å². The van der Waals surface area contributed by atoms with Gasteiger partial charge in [-0.25, -0.2) is 9.97 Å². The highest BCUT2D eigenvalue weighted by Crippen LogP contribution is 2.33. The van der Waals surface area contributed by atoms with E-state index in [1.807, 2.05) is 17.9 Å². The monoisotopic (exact) mass is 304 g/mol. The Morgan fingerprint density at radius 2 is 2.09 bits per heavy atom. The molecule has 1 amide bonds. The van der Waals surface area contributed by atoms with Gasteiger partial charge in [0.1, 0.15) is 11.6 Å². The molecule has 0 radical (unpaired) electrons. The fraction of sp³-hybridized carbons (Fsp3) is 0.688. The molecule has 2 fully saturated rings. The highest BCUT2D eigenvalue weighted by atomic mass is 16.5. The van der Waals surface area contributed by atoms with Crippen LogP contribution in [0.5, 0.6) is 0 Å². The molecule has 2 aliphatic rings. The summed E-state index contributed by atoms with van der Waals surface area (Å²) in [4.78, 5) is 25.8. The predicted molar refractivity (Wildman–Crippen MR) is 83.7 cm³/mol. The van der Waals surface area contributed by atoms with Crippen molar-refractivity contribution in [3.63, 3.8) is 0 Å². The van der Waals surface area contributed by atoms with E-state index in [4.69, 9.17) is 4.74 Å². The zero-order valence-corrected chi connectivity index (χ0v) is 13.4. The van der Waals surface area contributed by atoms with E-state index in [0.29, 0.717) is 26.3 Å². The van der Waals surface area contributed by atoms with Gasteiger partial charge in [-0.3, -0.25) is 4.79 Å². The van der Waals surface area contributed by atoms with Gasteiger partial charge in [-0.15, -0.1) is 0 Å². The molecule has 0 aliphatic carbocycles. The minimum absolute atomic E-state index is 0.256. The van der Waals surface area contributed by atoms with Crippen molar-refractivity contribution in [2.45, 2.75) is 26.7 Å². The van der Waals surface area contributed by atoms with Gasteiger partial charge in [-0.1, -0.05) is 0 Å². The van der Waals surface area contributed by atoms with Gasteiger partial charge in [-0.05, 0) is 32.8 Å². The molecule has 0 aromatic carbocycles. The molecule has 1 atom stereocenters. The molecule has 2 saturated heterocycles. The highest BCUT2D eigenvalue weighted by molar-refractivity contribution is 5.83. The molecule has 3 heterocycles. The number of amides is 1. The van der Waals surface area contributed by atoms with Crippen LogP contribution in [-0.4, -0.2) is 60.2 Å². The minimum Gasteiger partial charge on any atom is -0.378 e. The molecule has 1 aromatic rings. The van der Waals surface area contributed by atoms with Crippen LogP contribution in [0.4, 0.5) is 5.82 Å². The second kappa shape index (κ2) is 6.20. The number of nitrogens with zero attached hydrogens (tertiary/aromatic N) is 4. The predicted octanol–water partition coefficient (Wildman–Crippen LogP) is 1.25. The first-order chi connectivity index (χ1) is 10.6. The summed E-state index contributed by atoms with van der Waals surface area (Å²) < 4.78 is 5.35. The Kier molecular flexibility index (Phi) is 4.29. The molecular formula is C16H24N4O2. The Morgan fingerprint density at radius 1 is 1.32 bits per heavy atom. The lowest BCUT2D eigenvalue weighted by Gasteiger charge is -2.43. The molecule has 2 aliphatic heterocycles. The Bertz CT molecular complexity index is 545. The largest absolute Gasteiger partial charge is 0.378 e. The quantitative estimate of drug-likeness (QED) is 0.823. The van der Waals surface area contributed by atoms with Crippen LogP contribution < -0.4 is 4.90 Å². The molecule has 0 spiro atoms. The van der Waals surface area contributed by atoms with E-state index < -0.39 is 0 Å². The number of aromatic nitrogens is 2. The van der Waals surface area contributed by atoms with Gasteiger partial charge in [0.05, 0.1) is 18.6 Å². The van der Waals surface area contributed by atoms with Crippen molar-refractivity contribution in [1.29, 1.82) is 0 Å². The summed E-state index contributed by atoms with van der Waals surface area (Å²) >= 11 is 0. The highest BCUT2D eigenvalue weighted by Gasteiger charge is 2.41. The van der Waals surface area contributed by atoms with Crippen molar-refractivity contribution in [3.05, 3.63) is 18.1 Å². The molecule has 1 unspecified atom stereocenters. The second-order valence-electron chi connectivity index (χ2n) is 6.45. The van der Waals surface area contributed by atoms with Crippen LogP contribution >= 0.6 is 0 Å². The van der Waals surface area contributed by atoms with Crippen molar-refractivity contribution >= 4 is 11.7 Å². The Morgan fingerprint density at radius 3 is 2.82 bits per heavy atom. The van der Waals surface area contributed by atoms with Crippen molar-refractivity contribution < 1.29 is 9.53 Å². The molecule has 0 bridgehead atoms. The van der Waals surface area contributed by atoms with Crippen molar-refractivity contribution in [2.75, 3.05) is 44.3 Å². The number of aryl methyl sites for hydroxylation is 1. The number of hydrogen-bond acceptors (Lipinski definition) is 5. The molecule has 0 N–H and O–H groups in total. The summed E-state index contributed by atoms with van der Waals surface area (Å²) in [6.07, 6.45) is 3.73. The van der Waals surface area contributed by atoms with Crippen LogP contribution in [0.2, 0.25) is 0 Å². The molecule has 120 valence electrons.